The molecule has 1 amide bonds. The van der Waals surface area contributed by atoms with Crippen molar-refractivity contribution in [3.63, 3.8) is 0 Å². The van der Waals surface area contributed by atoms with Crippen LogP contribution in [0, 0.1) is 0 Å². The Morgan fingerprint density at radius 2 is 0.713 bits per heavy atom. The molecule has 1 fully saturated rings. The van der Waals surface area contributed by atoms with Gasteiger partial charge in [-0.1, -0.05) is 339 Å². The van der Waals surface area contributed by atoms with Crippen molar-refractivity contribution in [1.29, 1.82) is 0 Å². The summed E-state index contributed by atoms with van der Waals surface area (Å²) < 4.78 is 11.3. The molecule has 6 N–H and O–H groups in total. The first-order valence-electron chi connectivity index (χ1n) is 35.2. The Balaban J connectivity index is 2.02. The number of carbonyl (C=O) groups is 1. The van der Waals surface area contributed by atoms with Crippen LogP contribution in [0.2, 0.25) is 0 Å². The van der Waals surface area contributed by atoms with E-state index in [2.05, 4.69) is 43.5 Å². The van der Waals surface area contributed by atoms with Crippen LogP contribution >= 0.6 is 0 Å². The van der Waals surface area contributed by atoms with Crippen molar-refractivity contribution in [2.75, 3.05) is 13.2 Å². The third-order valence-corrected chi connectivity index (χ3v) is 16.9. The van der Waals surface area contributed by atoms with Crippen LogP contribution in [-0.2, 0) is 14.3 Å². The van der Waals surface area contributed by atoms with E-state index in [9.17, 15) is 30.3 Å². The summed E-state index contributed by atoms with van der Waals surface area (Å²) >= 11 is 0. The summed E-state index contributed by atoms with van der Waals surface area (Å²) in [5.41, 5.74) is 0. The van der Waals surface area contributed by atoms with Crippen LogP contribution in [0.4, 0.5) is 0 Å². The first-order chi connectivity index (χ1) is 39.3. The molecule has 0 saturated carbocycles. The number of aliphatic hydroxyl groups is 5. The van der Waals surface area contributed by atoms with Gasteiger partial charge in [0.2, 0.25) is 5.91 Å². The number of hydrogen-bond donors (Lipinski definition) is 6. The molecule has 1 heterocycles. The van der Waals surface area contributed by atoms with Gasteiger partial charge >= 0.3 is 0 Å². The largest absolute Gasteiger partial charge is 0.394 e. The highest BCUT2D eigenvalue weighted by atomic mass is 16.7. The summed E-state index contributed by atoms with van der Waals surface area (Å²) in [6.07, 6.45) is 74.3. The second-order valence-corrected chi connectivity index (χ2v) is 24.7. The highest BCUT2D eigenvalue weighted by Crippen LogP contribution is 2.23. The Bertz CT molecular complexity index is 1360. The van der Waals surface area contributed by atoms with Gasteiger partial charge in [-0.3, -0.25) is 4.79 Å². The fraction of sp³-hybridized carbons (Fsp3) is 0.901. The number of carbonyl (C=O) groups excluding carboxylic acids is 1. The minimum atomic E-state index is -1.57. The minimum absolute atomic E-state index is 0.185. The summed E-state index contributed by atoms with van der Waals surface area (Å²) in [6.45, 7) is 3.78. The van der Waals surface area contributed by atoms with E-state index < -0.39 is 49.5 Å². The average molecular weight is 1130 g/mol. The summed E-state index contributed by atoms with van der Waals surface area (Å²) in [4.78, 5) is 13.1. The number of hydrogen-bond acceptors (Lipinski definition) is 8. The van der Waals surface area contributed by atoms with Gasteiger partial charge in [-0.2, -0.15) is 0 Å². The summed E-state index contributed by atoms with van der Waals surface area (Å²) in [5.74, 6) is -0.185. The number of nitrogens with one attached hydrogen (secondary N) is 1. The summed E-state index contributed by atoms with van der Waals surface area (Å²) in [6, 6.07) is -0.827. The standard InChI is InChI=1S/C71H135NO8/c1-3-5-7-9-11-13-15-17-19-21-22-23-24-25-26-27-28-29-30-31-32-33-34-35-36-37-38-39-40-41-42-43-44-45-47-49-51-53-55-57-59-61-67(75)72-64(63-79-71-70(78)69(77)68(76)66(62-73)80-71)65(74)60-58-56-54-52-50-48-46-20-18-16-14-12-10-8-6-4-2/h18,20,50,52,58,60,64-66,68-71,73-74,76-78H,3-17,19,21-49,51,53-57,59,61-63H2,1-2H3,(H,72,75)/b20-18+,52-50+,60-58+. The number of allylic oxidation sites excluding steroid dienone is 5. The minimum Gasteiger partial charge on any atom is -0.394 e. The van der Waals surface area contributed by atoms with Crippen LogP contribution in [0.5, 0.6) is 0 Å². The lowest BCUT2D eigenvalue weighted by molar-refractivity contribution is -0.302. The lowest BCUT2D eigenvalue weighted by Crippen LogP contribution is -2.60. The van der Waals surface area contributed by atoms with E-state index >= 15 is 0 Å². The molecule has 9 heteroatoms. The predicted molar refractivity (Wildman–Crippen MR) is 341 cm³/mol. The van der Waals surface area contributed by atoms with Gasteiger partial charge in [0, 0.05) is 6.42 Å². The maximum absolute atomic E-state index is 13.1. The third kappa shape index (κ3) is 48.7. The van der Waals surface area contributed by atoms with Crippen molar-refractivity contribution >= 4 is 5.91 Å². The molecule has 0 bridgehead atoms. The molecule has 1 saturated heterocycles. The predicted octanol–water partition coefficient (Wildman–Crippen LogP) is 19.0. The second-order valence-electron chi connectivity index (χ2n) is 24.7. The molecule has 0 aromatic carbocycles. The van der Waals surface area contributed by atoms with E-state index in [0.29, 0.717) is 6.42 Å². The molecule has 472 valence electrons. The van der Waals surface area contributed by atoms with E-state index in [-0.39, 0.29) is 12.5 Å². The van der Waals surface area contributed by atoms with E-state index in [1.54, 1.807) is 6.08 Å². The molecule has 0 aromatic heterocycles. The van der Waals surface area contributed by atoms with Gasteiger partial charge in [-0.25, -0.2) is 0 Å². The molecular formula is C71H135NO8. The molecule has 9 nitrogen and oxygen atoms in total. The molecule has 1 aliphatic heterocycles. The molecule has 0 aliphatic carbocycles. The van der Waals surface area contributed by atoms with Gasteiger partial charge < -0.3 is 40.3 Å². The Morgan fingerprint density at radius 3 is 1.05 bits per heavy atom. The number of unbranched alkanes of at least 4 members (excludes halogenated alkanes) is 48. The molecule has 7 unspecified atom stereocenters. The lowest BCUT2D eigenvalue weighted by Gasteiger charge is -2.40. The van der Waals surface area contributed by atoms with E-state index in [0.717, 1.165) is 51.4 Å². The molecule has 80 heavy (non-hydrogen) atoms. The first-order valence-corrected chi connectivity index (χ1v) is 35.2. The zero-order chi connectivity index (χ0) is 57.9. The van der Waals surface area contributed by atoms with Crippen LogP contribution in [0.25, 0.3) is 0 Å². The average Bonchev–Trinajstić information content (AvgIpc) is 3.46. The SMILES string of the molecule is CCCCCCCC/C=C/CC/C=C/CC/C=C/C(O)C(COC1OC(CO)C(O)C(O)C1O)NC(=O)CCCCCCCCCCCCCCCCCCCCCCCCCCCCCCCCCCCCCCCCCCC. The van der Waals surface area contributed by atoms with Crippen molar-refractivity contribution in [3.8, 4) is 0 Å². The second kappa shape index (κ2) is 60.5. The Hall–Kier alpha value is -1.59. The fourth-order valence-electron chi connectivity index (χ4n) is 11.4. The van der Waals surface area contributed by atoms with Gasteiger partial charge in [0.1, 0.15) is 24.4 Å². The van der Waals surface area contributed by atoms with Crippen LogP contribution in [0.1, 0.15) is 354 Å². The maximum atomic E-state index is 13.1. The highest BCUT2D eigenvalue weighted by molar-refractivity contribution is 5.76. The van der Waals surface area contributed by atoms with Crippen LogP contribution in [0.15, 0.2) is 36.5 Å². The van der Waals surface area contributed by atoms with Gasteiger partial charge in [0.05, 0.1) is 25.4 Å². The lowest BCUT2D eigenvalue weighted by atomic mass is 9.99. The Morgan fingerprint density at radius 1 is 0.412 bits per heavy atom. The van der Waals surface area contributed by atoms with Crippen LogP contribution in [0.3, 0.4) is 0 Å². The summed E-state index contributed by atoms with van der Waals surface area (Å²) in [7, 11) is 0. The summed E-state index contributed by atoms with van der Waals surface area (Å²) in [5, 5.41) is 54.6. The van der Waals surface area contributed by atoms with Gasteiger partial charge in [0.15, 0.2) is 6.29 Å². The molecule has 1 aliphatic rings. The molecule has 0 radical (unpaired) electrons. The molecule has 1 rings (SSSR count). The van der Waals surface area contributed by atoms with Gasteiger partial charge in [-0.05, 0) is 44.9 Å². The number of rotatable bonds is 62. The van der Waals surface area contributed by atoms with E-state index in [1.807, 2.05) is 6.08 Å². The first kappa shape index (κ1) is 76.4. The molecule has 0 aromatic rings. The number of ether oxygens (including phenoxy) is 2. The van der Waals surface area contributed by atoms with E-state index in [4.69, 9.17) is 9.47 Å². The van der Waals surface area contributed by atoms with Crippen molar-refractivity contribution in [2.24, 2.45) is 0 Å². The molecule has 0 spiro atoms. The normalized spacial score (nSPS) is 18.6. The van der Waals surface area contributed by atoms with Crippen molar-refractivity contribution < 1.29 is 39.8 Å². The van der Waals surface area contributed by atoms with Gasteiger partial charge in [-0.15, -0.1) is 0 Å². The molecular weight excluding hydrogens is 995 g/mol. The quantitative estimate of drug-likeness (QED) is 0.0261. The number of amides is 1. The zero-order valence-electron chi connectivity index (χ0n) is 52.9. The monoisotopic (exact) mass is 1130 g/mol. The van der Waals surface area contributed by atoms with Gasteiger partial charge in [0.25, 0.3) is 0 Å². The third-order valence-electron chi connectivity index (χ3n) is 16.9. The van der Waals surface area contributed by atoms with Crippen LogP contribution < -0.4 is 5.32 Å². The number of aliphatic hydroxyl groups excluding tert-OH is 5. The topological polar surface area (TPSA) is 149 Å². The van der Waals surface area contributed by atoms with Crippen molar-refractivity contribution in [1.82, 2.24) is 5.32 Å². The van der Waals surface area contributed by atoms with Crippen molar-refractivity contribution in [3.05, 3.63) is 36.5 Å². The Labute approximate surface area is 495 Å². The van der Waals surface area contributed by atoms with E-state index in [1.165, 1.54) is 283 Å². The Kier molecular flexibility index (Phi) is 57.8. The molecule has 7 atom stereocenters. The maximum Gasteiger partial charge on any atom is 0.220 e. The highest BCUT2D eigenvalue weighted by Gasteiger charge is 2.44. The zero-order valence-corrected chi connectivity index (χ0v) is 52.9. The van der Waals surface area contributed by atoms with Crippen molar-refractivity contribution in [2.45, 2.75) is 397 Å². The fourth-order valence-corrected chi connectivity index (χ4v) is 11.4. The smallest absolute Gasteiger partial charge is 0.220 e. The van der Waals surface area contributed by atoms with Crippen LogP contribution in [-0.4, -0.2) is 87.5 Å².